The first kappa shape index (κ1) is 12.7. The lowest BCUT2D eigenvalue weighted by Crippen LogP contribution is -2.37. The van der Waals surface area contributed by atoms with E-state index in [9.17, 15) is 0 Å². The van der Waals surface area contributed by atoms with Crippen LogP contribution in [0.3, 0.4) is 0 Å². The Morgan fingerprint density at radius 3 is 2.76 bits per heavy atom. The molecule has 0 spiro atoms. The van der Waals surface area contributed by atoms with E-state index in [1.54, 1.807) is 7.11 Å². The minimum absolute atomic E-state index is 0.590. The number of hydrogen-bond acceptors (Lipinski definition) is 2. The molecule has 3 heteroatoms. The third kappa shape index (κ3) is 3.36. The Morgan fingerprint density at radius 1 is 1.35 bits per heavy atom. The number of nitrogens with zero attached hydrogens (tertiary/aromatic N) is 1. The molecule has 0 aromatic heterocycles. The number of ether oxygens (including phenoxy) is 1. The molecule has 1 aromatic carbocycles. The van der Waals surface area contributed by atoms with E-state index in [2.05, 4.69) is 29.2 Å². The Hall–Kier alpha value is -0.730. The molecule has 1 unspecified atom stereocenters. The molecule has 0 amide bonds. The standard InChI is InChI=1S/C14H20ClNO/c1-17-11-13-3-2-8-16(10-13)14-6-4-12(9-15)5-7-14/h4-7,13H,2-3,8-11H2,1H3. The molecule has 1 heterocycles. The van der Waals surface area contributed by atoms with Gasteiger partial charge in [-0.2, -0.15) is 0 Å². The molecule has 0 saturated carbocycles. The second kappa shape index (κ2) is 6.27. The fourth-order valence-corrected chi connectivity index (χ4v) is 2.65. The smallest absolute Gasteiger partial charge is 0.0507 e. The summed E-state index contributed by atoms with van der Waals surface area (Å²) in [4.78, 5) is 2.45. The number of alkyl halides is 1. The molecule has 0 radical (unpaired) electrons. The van der Waals surface area contributed by atoms with E-state index in [1.165, 1.54) is 24.1 Å². The molecular formula is C14H20ClNO. The van der Waals surface area contributed by atoms with Gasteiger partial charge in [0.1, 0.15) is 0 Å². The minimum Gasteiger partial charge on any atom is -0.384 e. The molecule has 1 fully saturated rings. The number of halogens is 1. The highest BCUT2D eigenvalue weighted by Crippen LogP contribution is 2.23. The molecule has 0 bridgehead atoms. The fraction of sp³-hybridized carbons (Fsp3) is 0.571. The zero-order chi connectivity index (χ0) is 12.1. The Morgan fingerprint density at radius 2 is 2.12 bits per heavy atom. The van der Waals surface area contributed by atoms with Crippen LogP contribution in [0.25, 0.3) is 0 Å². The summed E-state index contributed by atoms with van der Waals surface area (Å²) >= 11 is 5.80. The van der Waals surface area contributed by atoms with Gasteiger partial charge in [-0.3, -0.25) is 0 Å². The second-order valence-corrected chi connectivity index (χ2v) is 4.98. The van der Waals surface area contributed by atoms with Crippen molar-refractivity contribution in [3.63, 3.8) is 0 Å². The van der Waals surface area contributed by atoms with Gasteiger partial charge in [-0.25, -0.2) is 0 Å². The third-order valence-electron chi connectivity index (χ3n) is 3.38. The fourth-order valence-electron chi connectivity index (χ4n) is 2.47. The van der Waals surface area contributed by atoms with Crippen LogP contribution in [-0.2, 0) is 10.6 Å². The highest BCUT2D eigenvalue weighted by atomic mass is 35.5. The number of piperidine rings is 1. The number of benzene rings is 1. The molecule has 0 N–H and O–H groups in total. The van der Waals surface area contributed by atoms with E-state index in [0.717, 1.165) is 19.7 Å². The molecule has 1 aliphatic rings. The van der Waals surface area contributed by atoms with Crippen LogP contribution in [-0.4, -0.2) is 26.8 Å². The average Bonchev–Trinajstić information content (AvgIpc) is 2.40. The van der Waals surface area contributed by atoms with Crippen molar-refractivity contribution >= 4 is 17.3 Å². The van der Waals surface area contributed by atoms with E-state index in [0.29, 0.717) is 11.8 Å². The predicted molar refractivity (Wildman–Crippen MR) is 72.8 cm³/mol. The van der Waals surface area contributed by atoms with Gasteiger partial charge in [0.2, 0.25) is 0 Å². The predicted octanol–water partition coefficient (Wildman–Crippen LogP) is 3.29. The summed E-state index contributed by atoms with van der Waals surface area (Å²) in [6.07, 6.45) is 2.54. The maximum atomic E-state index is 5.80. The van der Waals surface area contributed by atoms with Crippen molar-refractivity contribution < 1.29 is 4.74 Å². The number of methoxy groups -OCH3 is 1. The summed E-state index contributed by atoms with van der Waals surface area (Å²) in [6.45, 7) is 3.13. The zero-order valence-corrected chi connectivity index (χ0v) is 11.1. The summed E-state index contributed by atoms with van der Waals surface area (Å²) in [5.74, 6) is 1.26. The number of anilines is 1. The monoisotopic (exact) mass is 253 g/mol. The van der Waals surface area contributed by atoms with Crippen LogP contribution in [0.2, 0.25) is 0 Å². The van der Waals surface area contributed by atoms with Crippen LogP contribution in [0.5, 0.6) is 0 Å². The van der Waals surface area contributed by atoms with Gasteiger partial charge in [0.05, 0.1) is 6.61 Å². The first-order valence-corrected chi connectivity index (χ1v) is 6.75. The number of hydrogen-bond donors (Lipinski definition) is 0. The van der Waals surface area contributed by atoms with Gasteiger partial charge in [0.15, 0.2) is 0 Å². The van der Waals surface area contributed by atoms with E-state index in [4.69, 9.17) is 16.3 Å². The molecule has 94 valence electrons. The molecule has 0 aliphatic carbocycles. The van der Waals surface area contributed by atoms with Gasteiger partial charge >= 0.3 is 0 Å². The largest absolute Gasteiger partial charge is 0.384 e. The maximum Gasteiger partial charge on any atom is 0.0507 e. The van der Waals surface area contributed by atoms with Gasteiger partial charge in [0.25, 0.3) is 0 Å². The number of rotatable bonds is 4. The first-order chi connectivity index (χ1) is 8.33. The van der Waals surface area contributed by atoms with Crippen molar-refractivity contribution in [3.8, 4) is 0 Å². The molecule has 2 nitrogen and oxygen atoms in total. The first-order valence-electron chi connectivity index (χ1n) is 6.22. The molecule has 1 aromatic rings. The zero-order valence-electron chi connectivity index (χ0n) is 10.4. The van der Waals surface area contributed by atoms with E-state index < -0.39 is 0 Å². The maximum absolute atomic E-state index is 5.80. The van der Waals surface area contributed by atoms with Crippen LogP contribution in [0.15, 0.2) is 24.3 Å². The van der Waals surface area contributed by atoms with Gasteiger partial charge in [0, 0.05) is 31.8 Å². The van der Waals surface area contributed by atoms with Crippen LogP contribution in [0, 0.1) is 5.92 Å². The quantitative estimate of drug-likeness (QED) is 0.764. The highest BCUT2D eigenvalue weighted by molar-refractivity contribution is 6.17. The molecule has 1 saturated heterocycles. The SMILES string of the molecule is COCC1CCCN(c2ccc(CCl)cc2)C1. The van der Waals surface area contributed by atoms with Crippen LogP contribution in [0.4, 0.5) is 5.69 Å². The Bertz CT molecular complexity index is 337. The van der Waals surface area contributed by atoms with Crippen molar-refractivity contribution in [3.05, 3.63) is 29.8 Å². The van der Waals surface area contributed by atoms with Crippen molar-refractivity contribution in [1.29, 1.82) is 0 Å². The van der Waals surface area contributed by atoms with Crippen LogP contribution < -0.4 is 4.90 Å². The molecule has 17 heavy (non-hydrogen) atoms. The Balaban J connectivity index is 2.00. The average molecular weight is 254 g/mol. The van der Waals surface area contributed by atoms with Crippen LogP contribution in [0.1, 0.15) is 18.4 Å². The molecular weight excluding hydrogens is 234 g/mol. The van der Waals surface area contributed by atoms with Crippen molar-refractivity contribution in [2.24, 2.45) is 5.92 Å². The van der Waals surface area contributed by atoms with Gasteiger partial charge in [-0.05, 0) is 36.5 Å². The van der Waals surface area contributed by atoms with E-state index in [-0.39, 0.29) is 0 Å². The minimum atomic E-state index is 0.590. The van der Waals surface area contributed by atoms with Gasteiger partial charge in [-0.1, -0.05) is 12.1 Å². The molecule has 2 rings (SSSR count). The van der Waals surface area contributed by atoms with E-state index in [1.807, 2.05) is 0 Å². The Labute approximate surface area is 109 Å². The summed E-state index contributed by atoms with van der Waals surface area (Å²) in [6, 6.07) is 8.57. The van der Waals surface area contributed by atoms with Crippen molar-refractivity contribution in [1.82, 2.24) is 0 Å². The summed E-state index contributed by atoms with van der Waals surface area (Å²) in [5, 5.41) is 0. The lowest BCUT2D eigenvalue weighted by molar-refractivity contribution is 0.143. The lowest BCUT2D eigenvalue weighted by atomic mass is 9.98. The van der Waals surface area contributed by atoms with Gasteiger partial charge < -0.3 is 9.64 Å². The van der Waals surface area contributed by atoms with Crippen molar-refractivity contribution in [2.75, 3.05) is 31.7 Å². The second-order valence-electron chi connectivity index (χ2n) is 4.71. The van der Waals surface area contributed by atoms with Crippen molar-refractivity contribution in [2.45, 2.75) is 18.7 Å². The van der Waals surface area contributed by atoms with E-state index >= 15 is 0 Å². The van der Waals surface area contributed by atoms with Crippen LogP contribution >= 0.6 is 11.6 Å². The summed E-state index contributed by atoms with van der Waals surface area (Å²) in [7, 11) is 1.79. The Kier molecular flexibility index (Phi) is 4.69. The molecule has 1 aliphatic heterocycles. The highest BCUT2D eigenvalue weighted by Gasteiger charge is 2.19. The third-order valence-corrected chi connectivity index (χ3v) is 3.69. The topological polar surface area (TPSA) is 12.5 Å². The summed E-state index contributed by atoms with van der Waals surface area (Å²) in [5.41, 5.74) is 2.49. The summed E-state index contributed by atoms with van der Waals surface area (Å²) < 4.78 is 5.26. The lowest BCUT2D eigenvalue weighted by Gasteiger charge is -2.34. The molecule has 1 atom stereocenters. The normalized spacial score (nSPS) is 20.6. The van der Waals surface area contributed by atoms with Gasteiger partial charge in [-0.15, -0.1) is 11.6 Å².